The lowest BCUT2D eigenvalue weighted by Gasteiger charge is -2.07. The van der Waals surface area contributed by atoms with Crippen LogP contribution in [0.2, 0.25) is 0 Å². The number of imidazole rings is 1. The predicted octanol–water partition coefficient (Wildman–Crippen LogP) is 2.70. The Morgan fingerprint density at radius 3 is 3.14 bits per heavy atom. The van der Waals surface area contributed by atoms with E-state index in [1.54, 1.807) is 6.08 Å². The van der Waals surface area contributed by atoms with E-state index in [1.807, 2.05) is 35.0 Å². The second kappa shape index (κ2) is 5.78. The van der Waals surface area contributed by atoms with E-state index >= 15 is 0 Å². The summed E-state index contributed by atoms with van der Waals surface area (Å²) in [5.74, 6) is -0.119. The van der Waals surface area contributed by atoms with Crippen LogP contribution in [0.1, 0.15) is 18.5 Å². The minimum absolute atomic E-state index is 0.217. The summed E-state index contributed by atoms with van der Waals surface area (Å²) in [5, 5.41) is 0. The van der Waals surface area contributed by atoms with E-state index < -0.39 is 5.83 Å². The number of aromatic nitrogens is 2. The van der Waals surface area contributed by atoms with Gasteiger partial charge in [-0.2, -0.15) is 0 Å². The summed E-state index contributed by atoms with van der Waals surface area (Å²) in [5.41, 5.74) is 7.39. The minimum atomic E-state index is -0.503. The molecule has 0 fully saturated rings. The molecule has 2 N–H and O–H groups in total. The molecule has 0 bridgehead atoms. The van der Waals surface area contributed by atoms with Crippen LogP contribution in [0.25, 0.3) is 5.65 Å². The number of hydrogen-bond acceptors (Lipinski definition) is 4. The summed E-state index contributed by atoms with van der Waals surface area (Å²) >= 11 is 0. The zero-order valence-electron chi connectivity index (χ0n) is 11.4. The third kappa shape index (κ3) is 3.10. The van der Waals surface area contributed by atoms with Gasteiger partial charge in [-0.3, -0.25) is 0 Å². The van der Waals surface area contributed by atoms with Crippen LogP contribution in [-0.4, -0.2) is 15.6 Å². The van der Waals surface area contributed by atoms with Crippen molar-refractivity contribution in [1.82, 2.24) is 9.38 Å². The van der Waals surface area contributed by atoms with Crippen LogP contribution in [-0.2, 0) is 11.3 Å². The van der Waals surface area contributed by atoms with Gasteiger partial charge in [-0.15, -0.1) is 0 Å². The average Bonchev–Trinajstić information content (AvgIpc) is 2.90. The standard InChI is InChI=1S/C15H15FN4O/c16-12-8-18-15(6-3-4-13(12)17)21-10-11-9-20-7-2-1-5-14(20)19-11/h1-2,5-9H,3-4,10,17H2/b13-12-,15-6-,18-8-. The molecule has 0 aromatic carbocycles. The number of nitrogens with zero attached hydrogens (tertiary/aromatic N) is 3. The van der Waals surface area contributed by atoms with E-state index in [0.29, 0.717) is 18.7 Å². The largest absolute Gasteiger partial charge is 0.471 e. The van der Waals surface area contributed by atoms with Crippen molar-refractivity contribution in [2.45, 2.75) is 19.4 Å². The maximum atomic E-state index is 13.4. The first-order valence-corrected chi connectivity index (χ1v) is 6.66. The fourth-order valence-electron chi connectivity index (χ4n) is 2.03. The molecular formula is C15H15FN4O. The van der Waals surface area contributed by atoms with Crippen molar-refractivity contribution in [3.8, 4) is 0 Å². The fourth-order valence-corrected chi connectivity index (χ4v) is 2.03. The lowest BCUT2D eigenvalue weighted by molar-refractivity contribution is 0.193. The van der Waals surface area contributed by atoms with Gasteiger partial charge in [0.1, 0.15) is 12.3 Å². The van der Waals surface area contributed by atoms with Crippen molar-refractivity contribution in [3.63, 3.8) is 0 Å². The van der Waals surface area contributed by atoms with Crippen molar-refractivity contribution < 1.29 is 9.13 Å². The van der Waals surface area contributed by atoms with Gasteiger partial charge in [0.15, 0.2) is 5.83 Å². The molecule has 3 rings (SSSR count). The molecule has 108 valence electrons. The summed E-state index contributed by atoms with van der Waals surface area (Å²) in [7, 11) is 0. The van der Waals surface area contributed by atoms with Crippen LogP contribution in [0.3, 0.4) is 0 Å². The van der Waals surface area contributed by atoms with E-state index in [2.05, 4.69) is 9.98 Å². The molecule has 0 aliphatic carbocycles. The first kappa shape index (κ1) is 13.4. The Hall–Kier alpha value is -2.63. The van der Waals surface area contributed by atoms with Crippen LogP contribution in [0.4, 0.5) is 4.39 Å². The third-order valence-electron chi connectivity index (χ3n) is 3.13. The van der Waals surface area contributed by atoms with Crippen LogP contribution in [0, 0.1) is 0 Å². The number of nitrogens with two attached hydrogens (primary N) is 1. The van der Waals surface area contributed by atoms with Crippen molar-refractivity contribution in [1.29, 1.82) is 0 Å². The molecule has 6 heteroatoms. The van der Waals surface area contributed by atoms with Crippen LogP contribution in [0.15, 0.2) is 59.1 Å². The molecule has 0 saturated heterocycles. The Morgan fingerprint density at radius 1 is 1.38 bits per heavy atom. The molecule has 0 saturated carbocycles. The molecule has 0 spiro atoms. The van der Waals surface area contributed by atoms with E-state index in [4.69, 9.17) is 10.5 Å². The smallest absolute Gasteiger partial charge is 0.209 e. The lowest BCUT2D eigenvalue weighted by atomic mass is 10.2. The topological polar surface area (TPSA) is 64.9 Å². The number of aliphatic imine (C=N–C) groups is 1. The maximum absolute atomic E-state index is 13.4. The molecule has 0 atom stereocenters. The maximum Gasteiger partial charge on any atom is 0.209 e. The van der Waals surface area contributed by atoms with E-state index in [0.717, 1.165) is 17.6 Å². The van der Waals surface area contributed by atoms with E-state index in [-0.39, 0.29) is 12.3 Å². The first-order chi connectivity index (χ1) is 10.2. The van der Waals surface area contributed by atoms with Gasteiger partial charge < -0.3 is 14.9 Å². The van der Waals surface area contributed by atoms with Gasteiger partial charge in [0.25, 0.3) is 0 Å². The van der Waals surface area contributed by atoms with Crippen molar-refractivity contribution >= 4 is 11.9 Å². The summed E-state index contributed by atoms with van der Waals surface area (Å²) < 4.78 is 20.9. The highest BCUT2D eigenvalue weighted by Crippen LogP contribution is 2.15. The van der Waals surface area contributed by atoms with Crippen molar-refractivity contribution in [2.24, 2.45) is 10.7 Å². The van der Waals surface area contributed by atoms with Gasteiger partial charge in [0.2, 0.25) is 5.88 Å². The number of hydrogen-bond donors (Lipinski definition) is 1. The average molecular weight is 286 g/mol. The lowest BCUT2D eigenvalue weighted by Crippen LogP contribution is -2.03. The Bertz CT molecular complexity index is 712. The zero-order chi connectivity index (χ0) is 14.7. The zero-order valence-corrected chi connectivity index (χ0v) is 11.4. The molecule has 1 aliphatic heterocycles. The van der Waals surface area contributed by atoms with Crippen LogP contribution in [0.5, 0.6) is 0 Å². The highest BCUT2D eigenvalue weighted by molar-refractivity contribution is 5.77. The van der Waals surface area contributed by atoms with Crippen LogP contribution < -0.4 is 5.73 Å². The molecule has 3 heterocycles. The second-order valence-electron chi connectivity index (χ2n) is 4.70. The highest BCUT2D eigenvalue weighted by atomic mass is 19.1. The van der Waals surface area contributed by atoms with E-state index in [9.17, 15) is 4.39 Å². The Balaban J connectivity index is 1.69. The number of allylic oxidation sites excluding steroid dienone is 3. The molecular weight excluding hydrogens is 271 g/mol. The number of halogens is 1. The summed E-state index contributed by atoms with van der Waals surface area (Å²) in [6.07, 6.45) is 7.74. The predicted molar refractivity (Wildman–Crippen MR) is 78.1 cm³/mol. The molecule has 2 aromatic rings. The number of pyridine rings is 1. The highest BCUT2D eigenvalue weighted by Gasteiger charge is 2.07. The normalized spacial score (nSPS) is 23.2. The number of fused-ring (bicyclic) bond motifs is 1. The van der Waals surface area contributed by atoms with Gasteiger partial charge in [0, 0.05) is 18.1 Å². The molecule has 1 aliphatic rings. The van der Waals surface area contributed by atoms with Gasteiger partial charge in [0.05, 0.1) is 11.9 Å². The van der Waals surface area contributed by atoms with Gasteiger partial charge >= 0.3 is 0 Å². The monoisotopic (exact) mass is 286 g/mol. The van der Waals surface area contributed by atoms with Gasteiger partial charge in [-0.1, -0.05) is 6.07 Å². The third-order valence-corrected chi connectivity index (χ3v) is 3.13. The van der Waals surface area contributed by atoms with Crippen molar-refractivity contribution in [2.75, 3.05) is 0 Å². The van der Waals surface area contributed by atoms with Crippen molar-refractivity contribution in [3.05, 3.63) is 59.8 Å². The Labute approximate surface area is 121 Å². The van der Waals surface area contributed by atoms with Crippen LogP contribution >= 0.6 is 0 Å². The Kier molecular flexibility index (Phi) is 3.68. The second-order valence-corrected chi connectivity index (χ2v) is 4.70. The summed E-state index contributed by atoms with van der Waals surface area (Å²) in [4.78, 5) is 8.37. The number of ether oxygens (including phenoxy) is 1. The first-order valence-electron chi connectivity index (χ1n) is 6.66. The van der Waals surface area contributed by atoms with Gasteiger partial charge in [-0.25, -0.2) is 14.4 Å². The number of rotatable bonds is 3. The molecule has 0 amide bonds. The summed E-state index contributed by atoms with van der Waals surface area (Å²) in [6.45, 7) is 0.283. The Morgan fingerprint density at radius 2 is 2.29 bits per heavy atom. The molecule has 0 unspecified atom stereocenters. The fraction of sp³-hybridized carbons (Fsp3) is 0.200. The molecule has 2 aromatic heterocycles. The minimum Gasteiger partial charge on any atom is -0.471 e. The molecule has 0 radical (unpaired) electrons. The summed E-state index contributed by atoms with van der Waals surface area (Å²) in [6, 6.07) is 5.77. The SMILES string of the molecule is N/C1=C(F)/C=N\C(OCc2cn3ccccc3n2)=C\CC1. The van der Waals surface area contributed by atoms with Gasteiger partial charge in [-0.05, 0) is 31.1 Å². The van der Waals surface area contributed by atoms with E-state index in [1.165, 1.54) is 0 Å². The quantitative estimate of drug-likeness (QED) is 0.943. The molecule has 21 heavy (non-hydrogen) atoms. The molecule has 5 nitrogen and oxygen atoms in total.